The second-order valence-electron chi connectivity index (χ2n) is 27.4. The van der Waals surface area contributed by atoms with Gasteiger partial charge in [0.15, 0.2) is 45.5 Å². The molecule has 18 aromatic rings. The topological polar surface area (TPSA) is 491 Å². The second-order valence-corrected chi connectivity index (χ2v) is 32.1. The maximum Gasteiger partial charge on any atom is 1.00 e. The molecule has 0 unspecified atom stereocenters. The van der Waals surface area contributed by atoms with Crippen LogP contribution in [0.3, 0.4) is 0 Å². The van der Waals surface area contributed by atoms with Crippen LogP contribution in [0.2, 0.25) is 0 Å². The summed E-state index contributed by atoms with van der Waals surface area (Å²) >= 11 is 12.7. The third-order valence-corrected chi connectivity index (χ3v) is 23.6. The summed E-state index contributed by atoms with van der Waals surface area (Å²) in [6.07, 6.45) is 12.7. The standard InChI is InChI=1S/C22H20IN4O3S.C20H21N4O2S.C10H11N3O3.C10H12NS.C9H11N3O2.C7H7N3O.C6H5N3O.C3H7Br.CH3I.2CH2O3.4K.2H/c1-3-27-17-6-4-5-7-19(17)31-20(27)11-9-16-8-10-18(22-21(16)24-30-25-22)26(2)13-15-29-28-14-12-23;1-3-24-15-6-4-5-7-17(15)27-18(24)11-9-14-8-10-16(23(2)12-13-25)20-19(14)21-26-22-20;1-13(4-5-14)8-3-2-7(6-15)9-10(8)12-16-11-9;1-3-11-8(2)12-10-7-5-4-6-9(10)11;1-12(5-6-13)8-4-2-3-7-9(8)11-14-10-7;1-8-5-3-2-4-6-7(5)10-11-9-6;7-4-2-1-3-5-6(4)9-10-8-5;1-2-3-4;1-2;2*2-1-4-3;;;;;;/h4-11H,3,13,15H2,1-2H3;4-11,25H,3,12-13H2,1-2H3;2-3,6,14H,4-5H2,1H3;4-7H,3H2,1-2H3;2-4,13H,5-6H2,1H3;2-4,8H,1H3;1-3H,7H2;2-3H2,1H3;1H3;2*1,3H;;;;;;/q2*+1;;+1;;;;;;;;4*+1;2*-1/p-2. The molecule has 39 nitrogen and oxygen atoms in total. The molecule has 0 radical (unpaired) electrons. The number of aliphatic hydroxyl groups is 3. The van der Waals surface area contributed by atoms with Crippen molar-refractivity contribution in [2.75, 3.05) is 129 Å². The number of rotatable bonds is 26. The number of fused-ring (bicyclic) bond motifs is 9. The Hall–Kier alpha value is -6.45. The molecular formula is C90H101BrI2K4N21O18S3+3. The van der Waals surface area contributed by atoms with E-state index in [1.54, 1.807) is 46.9 Å². The van der Waals surface area contributed by atoms with Gasteiger partial charge in [-0.05, 0) is 185 Å². The van der Waals surface area contributed by atoms with Gasteiger partial charge in [-0.1, -0.05) is 146 Å². The molecule has 9 aromatic heterocycles. The number of likely N-dealkylation sites (N-methyl/N-ethyl adjacent to an activating group) is 4. The molecule has 0 amide bonds. The molecule has 18 rings (SSSR count). The zero-order chi connectivity index (χ0) is 97.4. The minimum Gasteiger partial charge on any atom is -1.00 e. The Morgan fingerprint density at radius 2 is 0.806 bits per heavy atom. The van der Waals surface area contributed by atoms with Crippen LogP contribution in [0, 0.1) is 17.0 Å². The molecule has 0 spiro atoms. The van der Waals surface area contributed by atoms with Gasteiger partial charge in [-0.15, -0.1) is 0 Å². The summed E-state index contributed by atoms with van der Waals surface area (Å²) in [6, 6.07) is 53.6. The summed E-state index contributed by atoms with van der Waals surface area (Å²) in [4.78, 5) is 52.7. The number of nitrogens with two attached hydrogens (primary N) is 1. The number of nitrogen functional groups attached to an aromatic ring is 1. The van der Waals surface area contributed by atoms with Crippen molar-refractivity contribution >= 4 is 270 Å². The summed E-state index contributed by atoms with van der Waals surface area (Å²) in [6.45, 7) is 16.1. The van der Waals surface area contributed by atoms with Crippen LogP contribution in [-0.2, 0) is 48.8 Å². The van der Waals surface area contributed by atoms with Crippen LogP contribution in [0.15, 0.2) is 192 Å². The van der Waals surface area contributed by atoms with Crippen molar-refractivity contribution in [3.05, 3.63) is 196 Å². The fourth-order valence-corrected chi connectivity index (χ4v) is 16.3. The molecule has 0 saturated carbocycles. The van der Waals surface area contributed by atoms with E-state index in [1.807, 2.05) is 160 Å². The number of anilines is 6. The molecule has 0 atom stereocenters. The molecule has 0 aliphatic heterocycles. The van der Waals surface area contributed by atoms with Gasteiger partial charge in [-0.25, -0.2) is 27.8 Å². The molecule has 0 fully saturated rings. The second kappa shape index (κ2) is 69.5. The number of hydrogen-bond acceptors (Lipinski definition) is 39. The number of aliphatic hydroxyl groups excluding tert-OH is 3. The first kappa shape index (κ1) is 125. The number of benzene rings is 9. The molecule has 49 heteroatoms. The zero-order valence-corrected chi connectivity index (χ0v) is 100. The van der Waals surface area contributed by atoms with Gasteiger partial charge < -0.3 is 69.1 Å². The van der Waals surface area contributed by atoms with E-state index in [1.165, 1.54) is 52.1 Å². The van der Waals surface area contributed by atoms with Gasteiger partial charge in [0.1, 0.15) is 73.4 Å². The third-order valence-electron chi connectivity index (χ3n) is 19.2. The average Bonchev–Trinajstić information content (AvgIpc) is 1.66. The van der Waals surface area contributed by atoms with Crippen LogP contribution in [-0.4, -0.2) is 195 Å². The van der Waals surface area contributed by atoms with Crippen LogP contribution in [0.1, 0.15) is 73.5 Å². The molecule has 6 N–H and O–H groups in total. The summed E-state index contributed by atoms with van der Waals surface area (Å²) in [7, 11) is 9.41. The van der Waals surface area contributed by atoms with Crippen LogP contribution < -0.4 is 260 Å². The van der Waals surface area contributed by atoms with Gasteiger partial charge in [-0.3, -0.25) is 19.3 Å². The Kier molecular flexibility index (Phi) is 62.5. The summed E-state index contributed by atoms with van der Waals surface area (Å²) in [5.41, 5.74) is 24.9. The molecule has 714 valence electrons. The first-order chi connectivity index (χ1) is 65.9. The Morgan fingerprint density at radius 1 is 0.460 bits per heavy atom. The van der Waals surface area contributed by atoms with Crippen LogP contribution >= 0.6 is 95.1 Å². The van der Waals surface area contributed by atoms with Crippen LogP contribution in [0.5, 0.6) is 0 Å². The number of aryl methyl sites for hydroxylation is 4. The first-order valence-corrected chi connectivity index (χ1v) is 48.0. The fourth-order valence-electron chi connectivity index (χ4n) is 12.9. The maximum atomic E-state index is 10.8. The van der Waals surface area contributed by atoms with Crippen LogP contribution in [0.4, 0.5) is 34.1 Å². The molecule has 0 saturated heterocycles. The number of nitrogens with one attached hydrogen (secondary N) is 1. The van der Waals surface area contributed by atoms with Gasteiger partial charge in [0.05, 0.1) is 53.9 Å². The van der Waals surface area contributed by atoms with Crippen molar-refractivity contribution in [2.24, 2.45) is 0 Å². The number of para-hydroxylation sites is 3. The molecule has 0 aliphatic carbocycles. The predicted octanol–water partition coefficient (Wildman–Crippen LogP) is 1.65. The number of halogens is 3. The molecule has 9 heterocycles. The number of hydrogen-bond donors (Lipinski definition) is 5. The van der Waals surface area contributed by atoms with Crippen molar-refractivity contribution in [1.82, 2.24) is 61.9 Å². The van der Waals surface area contributed by atoms with Crippen molar-refractivity contribution in [1.29, 1.82) is 0 Å². The molecule has 0 bridgehead atoms. The number of alkyl halides is 2. The van der Waals surface area contributed by atoms with E-state index in [9.17, 15) is 9.90 Å². The summed E-state index contributed by atoms with van der Waals surface area (Å²) in [5, 5.41) is 97.7. The molecular weight excluding hydrogens is 2250 g/mol. The normalized spacial score (nSPS) is 10.2. The van der Waals surface area contributed by atoms with Crippen molar-refractivity contribution in [3.63, 3.8) is 0 Å². The fraction of sp³-hybridized carbons (Fsp3) is 0.267. The number of carbonyl (C=O) groups excluding carboxylic acids is 3. The quantitative estimate of drug-likeness (QED) is 0.00491. The van der Waals surface area contributed by atoms with E-state index in [2.05, 4.69) is 289 Å². The Labute approximate surface area is 1020 Å². The van der Waals surface area contributed by atoms with Crippen molar-refractivity contribution < 1.29 is 310 Å². The number of carbonyl (C=O) groups is 3. The smallest absolute Gasteiger partial charge is 1.00 e. The summed E-state index contributed by atoms with van der Waals surface area (Å²) in [5.74, 6) is 0. The minimum absolute atomic E-state index is 0. The number of aromatic nitrogens is 15. The van der Waals surface area contributed by atoms with Gasteiger partial charge in [0, 0.05) is 147 Å². The number of thiazole rings is 3. The van der Waals surface area contributed by atoms with E-state index in [0.29, 0.717) is 83.4 Å². The summed E-state index contributed by atoms with van der Waals surface area (Å²) < 4.78 is 41.8. The van der Waals surface area contributed by atoms with Gasteiger partial charge >= 0.3 is 206 Å². The Balaban J connectivity index is 0.000000557. The van der Waals surface area contributed by atoms with Gasteiger partial charge in [0.2, 0.25) is 21.6 Å². The predicted molar refractivity (Wildman–Crippen MR) is 540 cm³/mol. The number of nitrogens with zero attached hydrogens (tertiary/aromatic N) is 19. The average molecular weight is 2350 g/mol. The Bertz CT molecular complexity index is 6830. The monoisotopic (exact) mass is 2350 g/mol. The van der Waals surface area contributed by atoms with E-state index >= 15 is 0 Å². The van der Waals surface area contributed by atoms with E-state index < -0.39 is 0 Å². The molecule has 0 aliphatic rings. The van der Waals surface area contributed by atoms with Gasteiger partial charge in [0.25, 0.3) is 23.0 Å². The van der Waals surface area contributed by atoms with Crippen LogP contribution in [0.25, 0.3) is 121 Å². The SMILES string of the molecule is CCCBr.CC[n+]1c(/C=C/c2ccc(N(C)CCO)c3nonc23)sc2ccccc21.CC[n+]1c(/C=C/c2ccc(N(C)CCOOC#CI)c3nonc23)sc2ccccc21.CC[n+]1c(C)sc2ccccc21.CI.CN(CCO)c1ccc(C=O)c2nonc12.CN(CCO)c1cccc2nonc12.CNc1cccc2nonc12.Nc1cccc2nonc12.O=CO[O-].O=CO[O-].[H-].[H-].[K+].[K+].[K+].[K+]. The minimum atomic E-state index is -0.181. The van der Waals surface area contributed by atoms with Crippen molar-refractivity contribution in [2.45, 2.75) is 60.7 Å². The van der Waals surface area contributed by atoms with Crippen molar-refractivity contribution in [3.8, 4) is 10.0 Å². The zero-order valence-electron chi connectivity index (χ0n) is 81.2. The molecule has 9 aromatic carbocycles. The van der Waals surface area contributed by atoms with E-state index in [4.69, 9.17) is 55.1 Å². The maximum absolute atomic E-state index is 10.8. The van der Waals surface area contributed by atoms with E-state index in [-0.39, 0.29) is 241 Å². The molecule has 139 heavy (non-hydrogen) atoms. The van der Waals surface area contributed by atoms with Gasteiger partial charge in [-0.2, -0.15) is 18.6 Å². The number of aldehydes is 1. The third kappa shape index (κ3) is 36.3. The largest absolute Gasteiger partial charge is 1.00 e. The van der Waals surface area contributed by atoms with E-state index in [0.717, 1.165) is 97.6 Å². The first-order valence-electron chi connectivity index (χ1n) is 41.2. The Morgan fingerprint density at radius 3 is 1.21 bits per heavy atom.